The van der Waals surface area contributed by atoms with Crippen LogP contribution in [0.2, 0.25) is 5.15 Å². The molecule has 0 unspecified atom stereocenters. The van der Waals surface area contributed by atoms with Crippen molar-refractivity contribution in [2.24, 2.45) is 0 Å². The van der Waals surface area contributed by atoms with E-state index in [0.29, 0.717) is 23.2 Å². The van der Waals surface area contributed by atoms with Crippen molar-refractivity contribution in [3.63, 3.8) is 0 Å². The average molecular weight is 326 g/mol. The second-order valence-electron chi connectivity index (χ2n) is 5.11. The minimum Gasteiger partial charge on any atom is -0.487 e. The van der Waals surface area contributed by atoms with Gasteiger partial charge in [-0.1, -0.05) is 66.2 Å². The molecule has 1 heterocycles. The van der Waals surface area contributed by atoms with Crippen LogP contribution in [0.3, 0.4) is 0 Å². The first-order valence-corrected chi connectivity index (χ1v) is 7.67. The fraction of sp³-hybridized carbons (Fsp3) is 0.105. The molecule has 3 aromatic rings. The van der Waals surface area contributed by atoms with E-state index in [1.54, 1.807) is 6.07 Å². The zero-order valence-corrected chi connectivity index (χ0v) is 13.2. The number of halogens is 1. The standard InChI is InChI=1S/C19H16ClNO2/c20-18-11-10-17(23-13-15-4-2-1-3-5-15)19(21-18)16-8-6-14(12-22)7-9-16/h1-11,22H,12-13H2. The van der Waals surface area contributed by atoms with Gasteiger partial charge in [0.2, 0.25) is 0 Å². The number of benzene rings is 2. The van der Waals surface area contributed by atoms with Crippen molar-refractivity contribution in [2.45, 2.75) is 13.2 Å². The van der Waals surface area contributed by atoms with Crippen molar-refractivity contribution in [3.05, 3.63) is 83.0 Å². The Hall–Kier alpha value is -2.36. The highest BCUT2D eigenvalue weighted by molar-refractivity contribution is 6.29. The molecule has 0 atom stereocenters. The Labute approximate surface area is 140 Å². The molecule has 2 aromatic carbocycles. The first-order chi connectivity index (χ1) is 11.3. The number of hydrogen-bond acceptors (Lipinski definition) is 3. The van der Waals surface area contributed by atoms with E-state index in [2.05, 4.69) is 4.98 Å². The van der Waals surface area contributed by atoms with Gasteiger partial charge in [-0.3, -0.25) is 0 Å². The van der Waals surface area contributed by atoms with Crippen molar-refractivity contribution in [3.8, 4) is 17.0 Å². The fourth-order valence-electron chi connectivity index (χ4n) is 2.25. The Bertz CT molecular complexity index is 773. The van der Waals surface area contributed by atoms with E-state index in [1.165, 1.54) is 0 Å². The zero-order valence-electron chi connectivity index (χ0n) is 12.4. The third kappa shape index (κ3) is 3.89. The van der Waals surface area contributed by atoms with Gasteiger partial charge in [0.25, 0.3) is 0 Å². The van der Waals surface area contributed by atoms with Crippen LogP contribution in [0, 0.1) is 0 Å². The third-order valence-corrected chi connectivity index (χ3v) is 3.68. The van der Waals surface area contributed by atoms with Crippen molar-refractivity contribution in [2.75, 3.05) is 0 Å². The van der Waals surface area contributed by atoms with Crippen LogP contribution in [-0.2, 0) is 13.2 Å². The maximum absolute atomic E-state index is 9.15. The molecule has 4 heteroatoms. The minimum atomic E-state index is 0.0145. The average Bonchev–Trinajstić information content (AvgIpc) is 2.61. The van der Waals surface area contributed by atoms with Crippen LogP contribution in [0.25, 0.3) is 11.3 Å². The Kier molecular flexibility index (Phi) is 4.91. The van der Waals surface area contributed by atoms with Crippen molar-refractivity contribution in [1.82, 2.24) is 4.98 Å². The summed E-state index contributed by atoms with van der Waals surface area (Å²) in [5, 5.41) is 9.56. The first kappa shape index (κ1) is 15.5. The van der Waals surface area contributed by atoms with Gasteiger partial charge in [-0.25, -0.2) is 4.98 Å². The van der Waals surface area contributed by atoms with Gasteiger partial charge in [0, 0.05) is 5.56 Å². The van der Waals surface area contributed by atoms with Gasteiger partial charge in [-0.05, 0) is 23.3 Å². The van der Waals surface area contributed by atoms with Crippen LogP contribution in [0.4, 0.5) is 0 Å². The van der Waals surface area contributed by atoms with E-state index in [-0.39, 0.29) is 6.61 Å². The number of rotatable bonds is 5. The summed E-state index contributed by atoms with van der Waals surface area (Å²) in [5.41, 5.74) is 3.53. The van der Waals surface area contributed by atoms with Gasteiger partial charge in [0.05, 0.1) is 6.61 Å². The molecule has 0 saturated heterocycles. The van der Waals surface area contributed by atoms with Crippen LogP contribution in [0.1, 0.15) is 11.1 Å². The van der Waals surface area contributed by atoms with Crippen LogP contribution in [0.5, 0.6) is 5.75 Å². The Morgan fingerprint density at radius 1 is 0.870 bits per heavy atom. The topological polar surface area (TPSA) is 42.4 Å². The summed E-state index contributed by atoms with van der Waals surface area (Å²) < 4.78 is 5.92. The molecule has 1 N–H and O–H groups in total. The highest BCUT2D eigenvalue weighted by atomic mass is 35.5. The number of nitrogens with zero attached hydrogens (tertiary/aromatic N) is 1. The quantitative estimate of drug-likeness (QED) is 0.704. The van der Waals surface area contributed by atoms with Crippen LogP contribution >= 0.6 is 11.6 Å². The van der Waals surface area contributed by atoms with Gasteiger partial charge in [-0.15, -0.1) is 0 Å². The number of ether oxygens (including phenoxy) is 1. The van der Waals surface area contributed by atoms with E-state index < -0.39 is 0 Å². The number of hydrogen-bond donors (Lipinski definition) is 1. The molecule has 3 nitrogen and oxygen atoms in total. The van der Waals surface area contributed by atoms with Crippen molar-refractivity contribution >= 4 is 11.6 Å². The molecule has 0 fully saturated rings. The second kappa shape index (κ2) is 7.27. The molecule has 0 amide bonds. The van der Waals surface area contributed by atoms with E-state index in [9.17, 15) is 0 Å². The zero-order chi connectivity index (χ0) is 16.1. The summed E-state index contributed by atoms with van der Waals surface area (Å²) in [4.78, 5) is 4.39. The lowest BCUT2D eigenvalue weighted by molar-refractivity contribution is 0.282. The molecular formula is C19H16ClNO2. The lowest BCUT2D eigenvalue weighted by Crippen LogP contribution is -1.98. The lowest BCUT2D eigenvalue weighted by Gasteiger charge is -2.12. The molecule has 0 aliphatic carbocycles. The van der Waals surface area contributed by atoms with Crippen molar-refractivity contribution in [1.29, 1.82) is 0 Å². The summed E-state index contributed by atoms with van der Waals surface area (Å²) in [6, 6.07) is 21.0. The molecule has 3 rings (SSSR count). The highest BCUT2D eigenvalue weighted by Crippen LogP contribution is 2.30. The van der Waals surface area contributed by atoms with Gasteiger partial charge < -0.3 is 9.84 Å². The van der Waals surface area contributed by atoms with E-state index in [0.717, 1.165) is 16.7 Å². The van der Waals surface area contributed by atoms with Gasteiger partial charge in [0.1, 0.15) is 23.2 Å². The number of pyridine rings is 1. The van der Waals surface area contributed by atoms with Crippen LogP contribution < -0.4 is 4.74 Å². The van der Waals surface area contributed by atoms with E-state index in [4.69, 9.17) is 21.4 Å². The summed E-state index contributed by atoms with van der Waals surface area (Å²) >= 11 is 6.04. The molecule has 0 aliphatic heterocycles. The maximum Gasteiger partial charge on any atom is 0.146 e. The minimum absolute atomic E-state index is 0.0145. The summed E-state index contributed by atoms with van der Waals surface area (Å²) in [6.07, 6.45) is 0. The predicted molar refractivity (Wildman–Crippen MR) is 91.4 cm³/mol. The summed E-state index contributed by atoms with van der Waals surface area (Å²) in [6.45, 7) is 0.479. The van der Waals surface area contributed by atoms with Gasteiger partial charge >= 0.3 is 0 Å². The van der Waals surface area contributed by atoms with Crippen molar-refractivity contribution < 1.29 is 9.84 Å². The molecule has 0 spiro atoms. The summed E-state index contributed by atoms with van der Waals surface area (Å²) in [5.74, 6) is 0.676. The molecule has 0 aliphatic rings. The SMILES string of the molecule is OCc1ccc(-c2nc(Cl)ccc2OCc2ccccc2)cc1. The normalized spacial score (nSPS) is 10.5. The van der Waals surface area contributed by atoms with Gasteiger partial charge in [0.15, 0.2) is 0 Å². The molecule has 0 saturated carbocycles. The van der Waals surface area contributed by atoms with E-state index >= 15 is 0 Å². The lowest BCUT2D eigenvalue weighted by atomic mass is 10.1. The molecular weight excluding hydrogens is 310 g/mol. The molecule has 0 bridgehead atoms. The smallest absolute Gasteiger partial charge is 0.146 e. The highest BCUT2D eigenvalue weighted by Gasteiger charge is 2.10. The van der Waals surface area contributed by atoms with E-state index in [1.807, 2.05) is 60.7 Å². The number of aliphatic hydroxyl groups excluding tert-OH is 1. The molecule has 1 aromatic heterocycles. The molecule has 0 radical (unpaired) electrons. The number of aliphatic hydroxyl groups is 1. The fourth-order valence-corrected chi connectivity index (χ4v) is 2.40. The Morgan fingerprint density at radius 3 is 2.30 bits per heavy atom. The van der Waals surface area contributed by atoms with Gasteiger partial charge in [-0.2, -0.15) is 0 Å². The Balaban J connectivity index is 1.88. The largest absolute Gasteiger partial charge is 0.487 e. The maximum atomic E-state index is 9.15. The molecule has 23 heavy (non-hydrogen) atoms. The second-order valence-corrected chi connectivity index (χ2v) is 5.50. The Morgan fingerprint density at radius 2 is 1.61 bits per heavy atom. The van der Waals surface area contributed by atoms with Crippen LogP contribution in [-0.4, -0.2) is 10.1 Å². The third-order valence-electron chi connectivity index (χ3n) is 3.47. The van der Waals surface area contributed by atoms with Crippen LogP contribution in [0.15, 0.2) is 66.7 Å². The predicted octanol–water partition coefficient (Wildman–Crippen LogP) is 4.47. The monoisotopic (exact) mass is 325 g/mol. The molecule has 116 valence electrons. The first-order valence-electron chi connectivity index (χ1n) is 7.30. The summed E-state index contributed by atoms with van der Waals surface area (Å²) in [7, 11) is 0. The number of aromatic nitrogens is 1.